The van der Waals surface area contributed by atoms with Crippen LogP contribution in [-0.2, 0) is 0 Å². The van der Waals surface area contributed by atoms with Crippen molar-refractivity contribution >= 4 is 11.6 Å². The van der Waals surface area contributed by atoms with Gasteiger partial charge in [0.25, 0.3) is 0 Å². The molecular weight excluding hydrogens is 236 g/mol. The molecule has 18 heavy (non-hydrogen) atoms. The van der Waals surface area contributed by atoms with Gasteiger partial charge < -0.3 is 20.6 Å². The normalized spacial score (nSPS) is 12.0. The summed E-state index contributed by atoms with van der Waals surface area (Å²) >= 11 is 0. The molecule has 98 valence electrons. The van der Waals surface area contributed by atoms with E-state index in [0.717, 1.165) is 5.69 Å². The molecule has 7 heteroatoms. The third kappa shape index (κ3) is 2.15. The quantitative estimate of drug-likeness (QED) is 0.553. The summed E-state index contributed by atoms with van der Waals surface area (Å²) in [6.07, 6.45) is 0. The number of nitrogens with one attached hydrogen (secondary N) is 1. The van der Waals surface area contributed by atoms with E-state index in [9.17, 15) is 15.3 Å². The number of aromatic nitrogens is 3. The molecule has 0 saturated carbocycles. The van der Waals surface area contributed by atoms with Crippen LogP contribution in [0.15, 0.2) is 18.2 Å². The number of aryl methyl sites for hydroxylation is 1. The van der Waals surface area contributed by atoms with Crippen molar-refractivity contribution < 1.29 is 15.3 Å². The van der Waals surface area contributed by atoms with Crippen molar-refractivity contribution in [3.8, 4) is 0 Å². The van der Waals surface area contributed by atoms with Crippen LogP contribution in [0.4, 0.5) is 5.95 Å². The number of aliphatic hydroxyl groups is 3. The van der Waals surface area contributed by atoms with Gasteiger partial charge in [-0.3, -0.25) is 0 Å². The van der Waals surface area contributed by atoms with Crippen LogP contribution in [0.3, 0.4) is 0 Å². The summed E-state index contributed by atoms with van der Waals surface area (Å²) in [7, 11) is 0. The summed E-state index contributed by atoms with van der Waals surface area (Å²) in [4.78, 5) is 4.21. The van der Waals surface area contributed by atoms with E-state index in [1.165, 1.54) is 0 Å². The molecule has 0 aliphatic heterocycles. The van der Waals surface area contributed by atoms with Crippen molar-refractivity contribution in [1.29, 1.82) is 0 Å². The lowest BCUT2D eigenvalue weighted by atomic mass is 10.0. The van der Waals surface area contributed by atoms with Crippen molar-refractivity contribution in [2.24, 2.45) is 0 Å². The summed E-state index contributed by atoms with van der Waals surface area (Å²) in [5.41, 5.74) is 0.342. The van der Waals surface area contributed by atoms with Gasteiger partial charge in [-0.25, -0.2) is 4.52 Å². The molecule has 0 atom stereocenters. The molecule has 0 fully saturated rings. The maximum absolute atomic E-state index is 9.22. The van der Waals surface area contributed by atoms with Gasteiger partial charge in [-0.1, -0.05) is 6.07 Å². The van der Waals surface area contributed by atoms with Gasteiger partial charge in [-0.2, -0.15) is 4.98 Å². The number of hydrogen-bond acceptors (Lipinski definition) is 6. The van der Waals surface area contributed by atoms with Gasteiger partial charge >= 0.3 is 0 Å². The maximum Gasteiger partial charge on any atom is 0.243 e. The highest BCUT2D eigenvalue weighted by Gasteiger charge is 2.29. The fourth-order valence-corrected chi connectivity index (χ4v) is 1.59. The Bertz CT molecular complexity index is 528. The summed E-state index contributed by atoms with van der Waals surface area (Å²) in [6.45, 7) is 0.625. The van der Waals surface area contributed by atoms with Gasteiger partial charge in [0.15, 0.2) is 5.65 Å². The monoisotopic (exact) mass is 252 g/mol. The Hall–Kier alpha value is -1.70. The first-order valence-electron chi connectivity index (χ1n) is 5.57. The molecule has 4 N–H and O–H groups in total. The number of pyridine rings is 1. The van der Waals surface area contributed by atoms with Gasteiger partial charge in [0.2, 0.25) is 5.95 Å². The third-order valence-corrected chi connectivity index (χ3v) is 2.83. The van der Waals surface area contributed by atoms with Crippen molar-refractivity contribution in [3.05, 3.63) is 23.9 Å². The van der Waals surface area contributed by atoms with E-state index in [1.54, 1.807) is 10.6 Å². The lowest BCUT2D eigenvalue weighted by Gasteiger charge is -2.27. The predicted octanol–water partition coefficient (Wildman–Crippen LogP) is -0.835. The minimum Gasteiger partial charge on any atom is -0.394 e. The Labute approximate surface area is 104 Å². The molecule has 0 unspecified atom stereocenters. The van der Waals surface area contributed by atoms with Crippen LogP contribution in [0.25, 0.3) is 5.65 Å². The van der Waals surface area contributed by atoms with E-state index in [-0.39, 0.29) is 5.95 Å². The van der Waals surface area contributed by atoms with Gasteiger partial charge in [0.1, 0.15) is 5.54 Å². The molecule has 0 radical (unpaired) electrons. The van der Waals surface area contributed by atoms with Crippen LogP contribution in [0.2, 0.25) is 0 Å². The second-order valence-corrected chi connectivity index (χ2v) is 4.25. The Kier molecular flexibility index (Phi) is 3.46. The number of aliphatic hydroxyl groups excluding tert-OH is 3. The molecule has 0 aromatic carbocycles. The number of fused-ring (bicyclic) bond motifs is 1. The second-order valence-electron chi connectivity index (χ2n) is 4.25. The Morgan fingerprint density at radius 3 is 2.44 bits per heavy atom. The molecule has 0 saturated heterocycles. The highest BCUT2D eigenvalue weighted by Crippen LogP contribution is 2.13. The molecule has 0 amide bonds. The average Bonchev–Trinajstić information content (AvgIpc) is 2.80. The second kappa shape index (κ2) is 4.89. The van der Waals surface area contributed by atoms with Crippen LogP contribution in [0.1, 0.15) is 5.69 Å². The van der Waals surface area contributed by atoms with Gasteiger partial charge in [0.05, 0.1) is 19.8 Å². The molecule has 0 spiro atoms. The van der Waals surface area contributed by atoms with Crippen LogP contribution in [0.5, 0.6) is 0 Å². The summed E-state index contributed by atoms with van der Waals surface area (Å²) in [5, 5.41) is 34.6. The van der Waals surface area contributed by atoms with Gasteiger partial charge in [-0.15, -0.1) is 5.10 Å². The molecule has 7 nitrogen and oxygen atoms in total. The fourth-order valence-electron chi connectivity index (χ4n) is 1.59. The Morgan fingerprint density at radius 1 is 1.22 bits per heavy atom. The third-order valence-electron chi connectivity index (χ3n) is 2.83. The zero-order valence-electron chi connectivity index (χ0n) is 10.0. The van der Waals surface area contributed by atoms with Crippen molar-refractivity contribution in [2.75, 3.05) is 25.1 Å². The van der Waals surface area contributed by atoms with E-state index < -0.39 is 25.4 Å². The Morgan fingerprint density at radius 2 is 1.89 bits per heavy atom. The molecule has 0 aliphatic carbocycles. The zero-order chi connectivity index (χ0) is 13.2. The number of anilines is 1. The molecule has 2 aromatic rings. The molecule has 0 aliphatic rings. The predicted molar refractivity (Wildman–Crippen MR) is 65.3 cm³/mol. The molecular formula is C11H16N4O3. The maximum atomic E-state index is 9.22. The highest BCUT2D eigenvalue weighted by atomic mass is 16.3. The fraction of sp³-hybridized carbons (Fsp3) is 0.455. The summed E-state index contributed by atoms with van der Waals surface area (Å²) in [5.74, 6) is 0.251. The minimum atomic E-state index is -1.22. The van der Waals surface area contributed by atoms with Crippen LogP contribution in [0, 0.1) is 6.92 Å². The average molecular weight is 252 g/mol. The minimum absolute atomic E-state index is 0.251. The molecule has 2 aromatic heterocycles. The summed E-state index contributed by atoms with van der Waals surface area (Å²) in [6, 6.07) is 5.55. The number of hydrogen-bond donors (Lipinski definition) is 4. The van der Waals surface area contributed by atoms with Crippen molar-refractivity contribution in [3.63, 3.8) is 0 Å². The first-order chi connectivity index (χ1) is 8.64. The van der Waals surface area contributed by atoms with E-state index in [4.69, 9.17) is 0 Å². The summed E-state index contributed by atoms with van der Waals surface area (Å²) < 4.78 is 1.64. The highest BCUT2D eigenvalue weighted by molar-refractivity contribution is 5.45. The number of rotatable bonds is 5. The standard InChI is InChI=1S/C11H16N4O3/c1-8-3-2-4-9-12-10(14-15(8)9)13-11(5-16,6-17)7-18/h2-4,16-18H,5-7H2,1H3,(H,13,14). The van der Waals surface area contributed by atoms with Crippen LogP contribution < -0.4 is 5.32 Å². The smallest absolute Gasteiger partial charge is 0.243 e. The topological polar surface area (TPSA) is 103 Å². The molecule has 2 rings (SSSR count). The zero-order valence-corrected chi connectivity index (χ0v) is 10.0. The van der Waals surface area contributed by atoms with Crippen LogP contribution >= 0.6 is 0 Å². The lowest BCUT2D eigenvalue weighted by molar-refractivity contribution is 0.0828. The van der Waals surface area contributed by atoms with E-state index in [1.807, 2.05) is 19.1 Å². The first kappa shape index (κ1) is 12.7. The lowest BCUT2D eigenvalue weighted by Crippen LogP contribution is -2.49. The van der Waals surface area contributed by atoms with Crippen molar-refractivity contribution in [1.82, 2.24) is 14.6 Å². The van der Waals surface area contributed by atoms with Crippen LogP contribution in [-0.4, -0.2) is 55.3 Å². The van der Waals surface area contributed by atoms with Gasteiger partial charge in [0, 0.05) is 5.69 Å². The van der Waals surface area contributed by atoms with E-state index >= 15 is 0 Å². The largest absolute Gasteiger partial charge is 0.394 e. The van der Waals surface area contributed by atoms with E-state index in [0.29, 0.717) is 5.65 Å². The first-order valence-corrected chi connectivity index (χ1v) is 5.57. The van der Waals surface area contributed by atoms with Gasteiger partial charge in [-0.05, 0) is 19.1 Å². The molecule has 2 heterocycles. The van der Waals surface area contributed by atoms with Crippen molar-refractivity contribution in [2.45, 2.75) is 12.5 Å². The number of nitrogens with zero attached hydrogens (tertiary/aromatic N) is 3. The Balaban J connectivity index is 2.34. The molecule has 0 bridgehead atoms. The SMILES string of the molecule is Cc1cccc2nc(NC(CO)(CO)CO)nn12. The van der Waals surface area contributed by atoms with E-state index in [2.05, 4.69) is 15.4 Å².